The van der Waals surface area contributed by atoms with Gasteiger partial charge in [0, 0.05) is 12.7 Å². The molecular formula is C11H14ClN3O3. The van der Waals surface area contributed by atoms with Crippen molar-refractivity contribution in [3.05, 3.63) is 27.5 Å². The van der Waals surface area contributed by atoms with Crippen LogP contribution in [0.15, 0.2) is 12.4 Å². The number of ether oxygens (including phenoxy) is 1. The molecule has 1 saturated heterocycles. The van der Waals surface area contributed by atoms with Crippen LogP contribution in [0.25, 0.3) is 0 Å². The number of nitro groups is 1. The molecule has 1 aromatic heterocycles. The zero-order valence-corrected chi connectivity index (χ0v) is 10.7. The van der Waals surface area contributed by atoms with Gasteiger partial charge in [-0.25, -0.2) is 0 Å². The zero-order valence-electron chi connectivity index (χ0n) is 9.93. The first-order chi connectivity index (χ1) is 8.59. The number of hydrogen-bond acceptors (Lipinski definition) is 5. The van der Waals surface area contributed by atoms with Crippen molar-refractivity contribution in [2.24, 2.45) is 5.92 Å². The van der Waals surface area contributed by atoms with Gasteiger partial charge in [0.05, 0.1) is 4.92 Å². The van der Waals surface area contributed by atoms with E-state index in [1.807, 2.05) is 0 Å². The molecule has 0 spiro atoms. The maximum absolute atomic E-state index is 10.9. The molecule has 0 aromatic carbocycles. The number of piperidine rings is 1. The molecular weight excluding hydrogens is 258 g/mol. The fraction of sp³-hybridized carbons (Fsp3) is 0.545. The highest BCUT2D eigenvalue weighted by molar-refractivity contribution is 6.32. The van der Waals surface area contributed by atoms with Crippen LogP contribution in [-0.4, -0.2) is 29.1 Å². The van der Waals surface area contributed by atoms with Gasteiger partial charge in [0.15, 0.2) is 0 Å². The highest BCUT2D eigenvalue weighted by atomic mass is 35.5. The minimum atomic E-state index is -0.533. The maximum atomic E-state index is 10.9. The number of aromatic nitrogens is 1. The third kappa shape index (κ3) is 2.70. The average molecular weight is 272 g/mol. The SMILES string of the molecule is CC1CCNCC1Oc1c(Cl)cncc1[N+](=O)[O-]. The van der Waals surface area contributed by atoms with Crippen LogP contribution in [0, 0.1) is 16.0 Å². The van der Waals surface area contributed by atoms with Crippen molar-refractivity contribution in [1.82, 2.24) is 10.3 Å². The summed E-state index contributed by atoms with van der Waals surface area (Å²) >= 11 is 5.93. The fourth-order valence-corrected chi connectivity index (χ4v) is 2.13. The van der Waals surface area contributed by atoms with Crippen molar-refractivity contribution in [2.45, 2.75) is 19.4 Å². The Hall–Kier alpha value is -1.40. The molecule has 0 aliphatic carbocycles. The Bertz CT molecular complexity index is 455. The summed E-state index contributed by atoms with van der Waals surface area (Å²) in [4.78, 5) is 14.1. The molecule has 0 saturated carbocycles. The first-order valence-electron chi connectivity index (χ1n) is 5.75. The molecule has 98 valence electrons. The van der Waals surface area contributed by atoms with Crippen molar-refractivity contribution in [3.8, 4) is 5.75 Å². The Balaban J connectivity index is 2.24. The molecule has 0 radical (unpaired) electrons. The molecule has 2 heterocycles. The molecule has 0 amide bonds. The average Bonchev–Trinajstić information content (AvgIpc) is 2.34. The molecule has 7 heteroatoms. The highest BCUT2D eigenvalue weighted by Gasteiger charge is 2.27. The zero-order chi connectivity index (χ0) is 13.1. The second-order valence-electron chi connectivity index (χ2n) is 4.35. The Morgan fingerprint density at radius 1 is 1.61 bits per heavy atom. The number of halogens is 1. The van der Waals surface area contributed by atoms with Gasteiger partial charge in [0.1, 0.15) is 17.3 Å². The molecule has 1 aromatic rings. The van der Waals surface area contributed by atoms with Gasteiger partial charge in [-0.2, -0.15) is 0 Å². The van der Waals surface area contributed by atoms with Gasteiger partial charge >= 0.3 is 5.69 Å². The summed E-state index contributed by atoms with van der Waals surface area (Å²) in [5, 5.41) is 14.3. The van der Waals surface area contributed by atoms with Gasteiger partial charge in [-0.15, -0.1) is 0 Å². The van der Waals surface area contributed by atoms with E-state index in [4.69, 9.17) is 16.3 Å². The maximum Gasteiger partial charge on any atom is 0.330 e. The second kappa shape index (κ2) is 5.49. The minimum Gasteiger partial charge on any atom is -0.481 e. The van der Waals surface area contributed by atoms with Crippen LogP contribution in [0.3, 0.4) is 0 Å². The van der Waals surface area contributed by atoms with E-state index in [1.165, 1.54) is 6.20 Å². The van der Waals surface area contributed by atoms with Gasteiger partial charge in [0.25, 0.3) is 0 Å². The first kappa shape index (κ1) is 13.0. The third-order valence-corrected chi connectivity index (χ3v) is 3.33. The molecule has 1 aliphatic heterocycles. The highest BCUT2D eigenvalue weighted by Crippen LogP contribution is 2.35. The van der Waals surface area contributed by atoms with Gasteiger partial charge < -0.3 is 10.1 Å². The normalized spacial score (nSPS) is 23.7. The first-order valence-corrected chi connectivity index (χ1v) is 6.12. The molecule has 0 bridgehead atoms. The van der Waals surface area contributed by atoms with Crippen molar-refractivity contribution >= 4 is 17.3 Å². The van der Waals surface area contributed by atoms with Crippen molar-refractivity contribution < 1.29 is 9.66 Å². The van der Waals surface area contributed by atoms with Gasteiger partial charge in [-0.3, -0.25) is 15.1 Å². The summed E-state index contributed by atoms with van der Waals surface area (Å²) in [6.07, 6.45) is 3.37. The van der Waals surface area contributed by atoms with Crippen LogP contribution in [0.5, 0.6) is 5.75 Å². The lowest BCUT2D eigenvalue weighted by Crippen LogP contribution is -2.43. The van der Waals surface area contributed by atoms with Crippen LogP contribution in [0.4, 0.5) is 5.69 Å². The summed E-state index contributed by atoms with van der Waals surface area (Å²) in [7, 11) is 0. The van der Waals surface area contributed by atoms with E-state index in [9.17, 15) is 10.1 Å². The lowest BCUT2D eigenvalue weighted by molar-refractivity contribution is -0.386. The molecule has 2 rings (SSSR count). The predicted octanol–water partition coefficient (Wildman–Crippen LogP) is 2.02. The van der Waals surface area contributed by atoms with E-state index in [-0.39, 0.29) is 22.6 Å². The van der Waals surface area contributed by atoms with E-state index in [0.29, 0.717) is 12.5 Å². The summed E-state index contributed by atoms with van der Waals surface area (Å²) < 4.78 is 5.71. The summed E-state index contributed by atoms with van der Waals surface area (Å²) in [5.74, 6) is 0.437. The lowest BCUT2D eigenvalue weighted by atomic mass is 9.97. The third-order valence-electron chi connectivity index (χ3n) is 3.06. The Morgan fingerprint density at radius 2 is 2.39 bits per heavy atom. The second-order valence-corrected chi connectivity index (χ2v) is 4.76. The predicted molar refractivity (Wildman–Crippen MR) is 67.0 cm³/mol. The number of rotatable bonds is 3. The minimum absolute atomic E-state index is 0.109. The standard InChI is InChI=1S/C11H14ClN3O3/c1-7-2-3-13-6-10(7)18-11-8(12)4-14-5-9(11)15(16)17/h4-5,7,10,13H,2-3,6H2,1H3. The molecule has 1 fully saturated rings. The quantitative estimate of drug-likeness (QED) is 0.672. The summed E-state index contributed by atoms with van der Waals surface area (Å²) in [6, 6.07) is 0. The number of hydrogen-bond donors (Lipinski definition) is 1. The van der Waals surface area contributed by atoms with Crippen LogP contribution in [0.2, 0.25) is 5.02 Å². The van der Waals surface area contributed by atoms with E-state index < -0.39 is 4.92 Å². The number of pyridine rings is 1. The number of nitrogens with zero attached hydrogens (tertiary/aromatic N) is 2. The van der Waals surface area contributed by atoms with Crippen LogP contribution in [-0.2, 0) is 0 Å². The fourth-order valence-electron chi connectivity index (χ4n) is 1.93. The molecule has 2 atom stereocenters. The van der Waals surface area contributed by atoms with Crippen LogP contribution < -0.4 is 10.1 Å². The molecule has 6 nitrogen and oxygen atoms in total. The Labute approximate surface area is 109 Å². The molecule has 1 N–H and O–H groups in total. The van der Waals surface area contributed by atoms with Gasteiger partial charge in [-0.05, 0) is 18.9 Å². The lowest BCUT2D eigenvalue weighted by Gasteiger charge is -2.29. The van der Waals surface area contributed by atoms with Crippen molar-refractivity contribution in [1.29, 1.82) is 0 Å². The largest absolute Gasteiger partial charge is 0.481 e. The van der Waals surface area contributed by atoms with Crippen molar-refractivity contribution in [3.63, 3.8) is 0 Å². The van der Waals surface area contributed by atoms with Crippen molar-refractivity contribution in [2.75, 3.05) is 13.1 Å². The monoisotopic (exact) mass is 271 g/mol. The van der Waals surface area contributed by atoms with E-state index in [0.717, 1.165) is 19.2 Å². The van der Waals surface area contributed by atoms with Gasteiger partial charge in [-0.1, -0.05) is 18.5 Å². The topological polar surface area (TPSA) is 77.3 Å². The molecule has 2 unspecified atom stereocenters. The van der Waals surface area contributed by atoms with E-state index >= 15 is 0 Å². The van der Waals surface area contributed by atoms with Crippen LogP contribution >= 0.6 is 11.6 Å². The molecule has 1 aliphatic rings. The Kier molecular flexibility index (Phi) is 3.98. The summed E-state index contributed by atoms with van der Waals surface area (Å²) in [5.41, 5.74) is -0.194. The number of nitrogens with one attached hydrogen (secondary N) is 1. The van der Waals surface area contributed by atoms with E-state index in [2.05, 4.69) is 17.2 Å². The van der Waals surface area contributed by atoms with E-state index in [1.54, 1.807) is 0 Å². The Morgan fingerprint density at radius 3 is 3.06 bits per heavy atom. The summed E-state index contributed by atoms with van der Waals surface area (Å²) in [6.45, 7) is 3.66. The van der Waals surface area contributed by atoms with Gasteiger partial charge in [0.2, 0.25) is 5.75 Å². The van der Waals surface area contributed by atoms with Crippen LogP contribution in [0.1, 0.15) is 13.3 Å². The molecule has 18 heavy (non-hydrogen) atoms. The smallest absolute Gasteiger partial charge is 0.330 e.